The Morgan fingerprint density at radius 2 is 1.88 bits per heavy atom. The first kappa shape index (κ1) is 15.5. The molecule has 7 nitrogen and oxygen atoms in total. The van der Waals surface area contributed by atoms with Crippen molar-refractivity contribution in [3.8, 4) is 5.69 Å². The number of fused-ring (bicyclic) bond motifs is 1. The van der Waals surface area contributed by atoms with E-state index in [1.165, 1.54) is 17.1 Å². The maximum Gasteiger partial charge on any atom is 0.219 e. The van der Waals surface area contributed by atoms with E-state index in [9.17, 15) is 9.18 Å². The summed E-state index contributed by atoms with van der Waals surface area (Å²) in [6, 6.07) is 6.45. The molecule has 128 valence electrons. The first-order valence-electron chi connectivity index (χ1n) is 8.09. The number of hydrogen-bond acceptors (Lipinski definition) is 5. The van der Waals surface area contributed by atoms with Crippen molar-refractivity contribution in [2.24, 2.45) is 0 Å². The third-order valence-electron chi connectivity index (χ3n) is 4.45. The third kappa shape index (κ3) is 2.69. The SMILES string of the molecule is CC(=O)N1CCN(c2ncnc3c2cnn3-c2ccccc2F)CC1. The second kappa shape index (κ2) is 6.12. The summed E-state index contributed by atoms with van der Waals surface area (Å²) in [5.74, 6) is 0.485. The molecule has 0 spiro atoms. The molecule has 1 aromatic carbocycles. The first-order chi connectivity index (χ1) is 12.1. The van der Waals surface area contributed by atoms with Crippen molar-refractivity contribution in [3.05, 3.63) is 42.6 Å². The molecule has 2 aromatic heterocycles. The highest BCUT2D eigenvalue weighted by Gasteiger charge is 2.22. The summed E-state index contributed by atoms with van der Waals surface area (Å²) in [5.41, 5.74) is 0.910. The predicted molar refractivity (Wildman–Crippen MR) is 91.1 cm³/mol. The lowest BCUT2D eigenvalue weighted by atomic mass is 10.2. The van der Waals surface area contributed by atoms with Gasteiger partial charge in [-0.1, -0.05) is 12.1 Å². The maximum atomic E-state index is 14.1. The van der Waals surface area contributed by atoms with Gasteiger partial charge in [0.25, 0.3) is 0 Å². The smallest absolute Gasteiger partial charge is 0.219 e. The van der Waals surface area contributed by atoms with Crippen molar-refractivity contribution in [1.82, 2.24) is 24.6 Å². The van der Waals surface area contributed by atoms with Crippen molar-refractivity contribution in [1.29, 1.82) is 0 Å². The van der Waals surface area contributed by atoms with Gasteiger partial charge in [-0.25, -0.2) is 19.0 Å². The number of hydrogen-bond donors (Lipinski definition) is 0. The highest BCUT2D eigenvalue weighted by molar-refractivity contribution is 5.87. The lowest BCUT2D eigenvalue weighted by Gasteiger charge is -2.35. The standard InChI is InChI=1S/C17H17FN6O/c1-12(25)22-6-8-23(9-7-22)16-13-10-21-24(17(13)20-11-19-16)15-5-3-2-4-14(15)18/h2-5,10-11H,6-9H2,1H3. The van der Waals surface area contributed by atoms with Crippen LogP contribution in [0.3, 0.4) is 0 Å². The normalized spacial score (nSPS) is 15.0. The van der Waals surface area contributed by atoms with Crippen LogP contribution in [0.25, 0.3) is 16.7 Å². The molecule has 8 heteroatoms. The average molecular weight is 340 g/mol. The summed E-state index contributed by atoms with van der Waals surface area (Å²) >= 11 is 0. The summed E-state index contributed by atoms with van der Waals surface area (Å²) in [6.45, 7) is 4.27. The molecular weight excluding hydrogens is 323 g/mol. The molecule has 1 aliphatic heterocycles. The first-order valence-corrected chi connectivity index (χ1v) is 8.09. The Balaban J connectivity index is 1.71. The van der Waals surface area contributed by atoms with E-state index in [4.69, 9.17) is 0 Å². The van der Waals surface area contributed by atoms with Crippen LogP contribution in [0.2, 0.25) is 0 Å². The van der Waals surface area contributed by atoms with E-state index in [1.54, 1.807) is 31.3 Å². The number of aromatic nitrogens is 4. The number of piperazine rings is 1. The van der Waals surface area contributed by atoms with Crippen molar-refractivity contribution in [2.45, 2.75) is 6.92 Å². The van der Waals surface area contributed by atoms with Crippen molar-refractivity contribution in [3.63, 3.8) is 0 Å². The molecule has 1 saturated heterocycles. The fraction of sp³-hybridized carbons (Fsp3) is 0.294. The topological polar surface area (TPSA) is 67.2 Å². The summed E-state index contributed by atoms with van der Waals surface area (Å²) in [5, 5.41) is 5.07. The van der Waals surface area contributed by atoms with E-state index in [1.807, 2.05) is 4.90 Å². The minimum atomic E-state index is -0.359. The van der Waals surface area contributed by atoms with Crippen molar-refractivity contribution >= 4 is 22.8 Å². The quantitative estimate of drug-likeness (QED) is 0.709. The van der Waals surface area contributed by atoms with E-state index in [2.05, 4.69) is 20.0 Å². The molecule has 0 unspecified atom stereocenters. The summed E-state index contributed by atoms with van der Waals surface area (Å²) in [7, 11) is 0. The van der Waals surface area contributed by atoms with Gasteiger partial charge in [-0.3, -0.25) is 4.79 Å². The Hall–Kier alpha value is -3.03. The minimum absolute atomic E-state index is 0.0832. The lowest BCUT2D eigenvalue weighted by Crippen LogP contribution is -2.48. The van der Waals surface area contributed by atoms with Crippen LogP contribution >= 0.6 is 0 Å². The zero-order chi connectivity index (χ0) is 17.4. The van der Waals surface area contributed by atoms with E-state index in [0.29, 0.717) is 37.5 Å². The van der Waals surface area contributed by atoms with Gasteiger partial charge in [-0.15, -0.1) is 0 Å². The average Bonchev–Trinajstić information content (AvgIpc) is 3.06. The molecule has 4 rings (SSSR count). The molecule has 0 radical (unpaired) electrons. The number of benzene rings is 1. The zero-order valence-corrected chi connectivity index (χ0v) is 13.8. The van der Waals surface area contributed by atoms with Gasteiger partial charge >= 0.3 is 0 Å². The van der Waals surface area contributed by atoms with Crippen LogP contribution in [0, 0.1) is 5.82 Å². The van der Waals surface area contributed by atoms with Crippen LogP contribution < -0.4 is 4.90 Å². The Morgan fingerprint density at radius 3 is 2.60 bits per heavy atom. The number of para-hydroxylation sites is 1. The van der Waals surface area contributed by atoms with E-state index >= 15 is 0 Å². The lowest BCUT2D eigenvalue weighted by molar-refractivity contribution is -0.129. The molecule has 25 heavy (non-hydrogen) atoms. The van der Waals surface area contributed by atoms with E-state index in [0.717, 1.165) is 11.2 Å². The van der Waals surface area contributed by atoms with E-state index < -0.39 is 0 Å². The Morgan fingerprint density at radius 1 is 1.12 bits per heavy atom. The molecule has 0 bridgehead atoms. The fourth-order valence-corrected chi connectivity index (χ4v) is 3.12. The van der Waals surface area contributed by atoms with Crippen molar-refractivity contribution in [2.75, 3.05) is 31.1 Å². The zero-order valence-electron chi connectivity index (χ0n) is 13.8. The van der Waals surface area contributed by atoms with Gasteiger partial charge in [0.1, 0.15) is 23.6 Å². The van der Waals surface area contributed by atoms with Gasteiger partial charge in [0.05, 0.1) is 11.6 Å². The van der Waals surface area contributed by atoms with Crippen LogP contribution in [-0.4, -0.2) is 56.7 Å². The monoisotopic (exact) mass is 340 g/mol. The molecule has 0 N–H and O–H groups in total. The molecule has 0 saturated carbocycles. The van der Waals surface area contributed by atoms with Crippen LogP contribution in [0.1, 0.15) is 6.92 Å². The highest BCUT2D eigenvalue weighted by atomic mass is 19.1. The Bertz CT molecular complexity index is 932. The van der Waals surface area contributed by atoms with Crippen molar-refractivity contribution < 1.29 is 9.18 Å². The Kier molecular flexibility index (Phi) is 3.79. The van der Waals surface area contributed by atoms with Gasteiger partial charge in [0.2, 0.25) is 5.91 Å². The number of anilines is 1. The number of nitrogens with zero attached hydrogens (tertiary/aromatic N) is 6. The number of carbonyl (C=O) groups excluding carboxylic acids is 1. The molecule has 3 heterocycles. The predicted octanol–water partition coefficient (Wildman–Crippen LogP) is 1.62. The number of amides is 1. The molecule has 3 aromatic rings. The van der Waals surface area contributed by atoms with Gasteiger partial charge in [-0.05, 0) is 12.1 Å². The molecule has 1 amide bonds. The summed E-state index contributed by atoms with van der Waals surface area (Å²) in [4.78, 5) is 24.1. The third-order valence-corrected chi connectivity index (χ3v) is 4.45. The number of halogens is 1. The number of carbonyl (C=O) groups is 1. The van der Waals surface area contributed by atoms with Crippen LogP contribution in [0.4, 0.5) is 10.2 Å². The minimum Gasteiger partial charge on any atom is -0.352 e. The van der Waals surface area contributed by atoms with Crippen LogP contribution in [0.15, 0.2) is 36.8 Å². The Labute approximate surface area is 143 Å². The van der Waals surface area contributed by atoms with Gasteiger partial charge < -0.3 is 9.80 Å². The van der Waals surface area contributed by atoms with Gasteiger partial charge in [-0.2, -0.15) is 5.10 Å². The highest BCUT2D eigenvalue weighted by Crippen LogP contribution is 2.26. The van der Waals surface area contributed by atoms with Crippen LogP contribution in [-0.2, 0) is 4.79 Å². The maximum absolute atomic E-state index is 14.1. The molecule has 0 atom stereocenters. The second-order valence-corrected chi connectivity index (χ2v) is 5.94. The molecule has 1 aliphatic rings. The van der Waals surface area contributed by atoms with Gasteiger partial charge in [0.15, 0.2) is 5.65 Å². The van der Waals surface area contributed by atoms with Crippen LogP contribution in [0.5, 0.6) is 0 Å². The fourth-order valence-electron chi connectivity index (χ4n) is 3.12. The largest absolute Gasteiger partial charge is 0.352 e. The molecule has 0 aliphatic carbocycles. The molecule has 1 fully saturated rings. The molecular formula is C17H17FN6O. The van der Waals surface area contributed by atoms with Gasteiger partial charge in [0, 0.05) is 33.1 Å². The second-order valence-electron chi connectivity index (χ2n) is 5.94. The summed E-state index contributed by atoms with van der Waals surface area (Å²) < 4.78 is 15.6. The summed E-state index contributed by atoms with van der Waals surface area (Å²) in [6.07, 6.45) is 3.13. The van der Waals surface area contributed by atoms with E-state index in [-0.39, 0.29) is 11.7 Å². The number of rotatable bonds is 2.